The highest BCUT2D eigenvalue weighted by Crippen LogP contribution is 2.60. The minimum atomic E-state index is -4.57. The van der Waals surface area contributed by atoms with Crippen LogP contribution in [0, 0.1) is 17.3 Å². The zero-order valence-electron chi connectivity index (χ0n) is 13.8. The van der Waals surface area contributed by atoms with Crippen LogP contribution in [0.2, 0.25) is 0 Å². The molecule has 6 heteroatoms. The fourth-order valence-corrected chi connectivity index (χ4v) is 3.60. The van der Waals surface area contributed by atoms with E-state index in [0.29, 0.717) is 6.42 Å². The van der Waals surface area contributed by atoms with E-state index in [2.05, 4.69) is 6.92 Å². The van der Waals surface area contributed by atoms with Gasteiger partial charge in [0.2, 0.25) is 0 Å². The van der Waals surface area contributed by atoms with Crippen LogP contribution in [0.25, 0.3) is 0 Å². The molecule has 1 saturated carbocycles. The van der Waals surface area contributed by atoms with E-state index in [4.69, 9.17) is 16.3 Å². The van der Waals surface area contributed by atoms with E-state index in [1.54, 1.807) is 13.8 Å². The predicted molar refractivity (Wildman–Crippen MR) is 82.9 cm³/mol. The first-order valence-corrected chi connectivity index (χ1v) is 8.18. The number of hydrogen-bond donors (Lipinski definition) is 0. The molecule has 0 radical (unpaired) electrons. The lowest BCUT2D eigenvalue weighted by Gasteiger charge is -2.13. The molecule has 0 aliphatic heterocycles. The second-order valence-corrected chi connectivity index (χ2v) is 7.45. The molecule has 130 valence electrons. The van der Waals surface area contributed by atoms with Gasteiger partial charge in [-0.05, 0) is 24.7 Å². The fraction of sp³-hybridized carbons (Fsp3) is 0.706. The standard InChI is InChI=1S/C17H22ClF3O2/c1-5-10-7-11(6-9(10)2)23-15(22)14-12(16(14,3)4)8-13(18)17(19,20)21/h8,11-12,14H,5-7H2,1-4H3/b13-8-/t11?,12-,14-/m1/s1. The van der Waals surface area contributed by atoms with Gasteiger partial charge in [-0.3, -0.25) is 4.79 Å². The molecule has 1 fully saturated rings. The first-order valence-electron chi connectivity index (χ1n) is 7.81. The molecule has 2 aliphatic rings. The maximum atomic E-state index is 12.5. The van der Waals surface area contributed by atoms with Crippen molar-refractivity contribution in [2.24, 2.45) is 17.3 Å². The highest BCUT2D eigenvalue weighted by atomic mass is 35.5. The number of rotatable bonds is 4. The summed E-state index contributed by atoms with van der Waals surface area (Å²) in [7, 11) is 0. The lowest BCUT2D eigenvalue weighted by molar-refractivity contribution is -0.151. The van der Waals surface area contributed by atoms with Crippen LogP contribution >= 0.6 is 11.6 Å². The van der Waals surface area contributed by atoms with Gasteiger partial charge in [0, 0.05) is 12.8 Å². The van der Waals surface area contributed by atoms with Crippen molar-refractivity contribution in [1.29, 1.82) is 0 Å². The molecular formula is C17H22ClF3O2. The Balaban J connectivity index is 1.99. The Kier molecular flexibility index (Phi) is 4.91. The fourth-order valence-electron chi connectivity index (χ4n) is 3.47. The normalized spacial score (nSPS) is 30.6. The van der Waals surface area contributed by atoms with Gasteiger partial charge in [0.25, 0.3) is 0 Å². The van der Waals surface area contributed by atoms with E-state index < -0.39 is 34.4 Å². The van der Waals surface area contributed by atoms with Crippen molar-refractivity contribution in [3.8, 4) is 0 Å². The summed E-state index contributed by atoms with van der Waals surface area (Å²) in [5.74, 6) is -1.52. The summed E-state index contributed by atoms with van der Waals surface area (Å²) in [6.07, 6.45) is -1.44. The van der Waals surface area contributed by atoms with Crippen LogP contribution in [0.1, 0.15) is 47.0 Å². The second kappa shape index (κ2) is 6.15. The second-order valence-electron chi connectivity index (χ2n) is 7.04. The molecule has 1 unspecified atom stereocenters. The Bertz CT molecular complexity index is 561. The van der Waals surface area contributed by atoms with E-state index in [1.165, 1.54) is 11.1 Å². The van der Waals surface area contributed by atoms with E-state index in [1.807, 2.05) is 6.92 Å². The molecule has 0 saturated heterocycles. The Labute approximate surface area is 139 Å². The summed E-state index contributed by atoms with van der Waals surface area (Å²) in [5.41, 5.74) is 1.99. The van der Waals surface area contributed by atoms with E-state index in [0.717, 1.165) is 18.9 Å². The average molecular weight is 351 g/mol. The number of allylic oxidation sites excluding steroid dienone is 2. The van der Waals surface area contributed by atoms with Gasteiger partial charge in [-0.15, -0.1) is 0 Å². The number of carbonyl (C=O) groups excluding carboxylic acids is 1. The molecule has 0 aromatic rings. The van der Waals surface area contributed by atoms with E-state index in [-0.39, 0.29) is 6.10 Å². The van der Waals surface area contributed by atoms with Crippen LogP contribution in [0.5, 0.6) is 0 Å². The number of halogens is 4. The van der Waals surface area contributed by atoms with Crippen LogP contribution in [0.3, 0.4) is 0 Å². The van der Waals surface area contributed by atoms with Crippen LogP contribution in [0.4, 0.5) is 13.2 Å². The summed E-state index contributed by atoms with van der Waals surface area (Å²) in [6, 6.07) is 0. The van der Waals surface area contributed by atoms with Gasteiger partial charge >= 0.3 is 12.1 Å². The maximum Gasteiger partial charge on any atom is 0.426 e. The Morgan fingerprint density at radius 3 is 2.48 bits per heavy atom. The molecule has 0 heterocycles. The van der Waals surface area contributed by atoms with Crippen LogP contribution < -0.4 is 0 Å². The molecule has 0 aromatic heterocycles. The molecule has 2 rings (SSSR count). The quantitative estimate of drug-likeness (QED) is 0.503. The number of hydrogen-bond acceptors (Lipinski definition) is 2. The number of esters is 1. The van der Waals surface area contributed by atoms with Gasteiger partial charge in [0.05, 0.1) is 5.92 Å². The van der Waals surface area contributed by atoms with Crippen molar-refractivity contribution in [2.45, 2.75) is 59.2 Å². The number of alkyl halides is 3. The summed E-state index contributed by atoms with van der Waals surface area (Å²) in [6.45, 7) is 7.61. The Morgan fingerprint density at radius 2 is 2.00 bits per heavy atom. The summed E-state index contributed by atoms with van der Waals surface area (Å²) < 4.78 is 43.2. The van der Waals surface area contributed by atoms with Gasteiger partial charge in [0.1, 0.15) is 11.1 Å². The van der Waals surface area contributed by atoms with Crippen molar-refractivity contribution in [2.75, 3.05) is 0 Å². The first-order chi connectivity index (χ1) is 10.5. The summed E-state index contributed by atoms with van der Waals surface area (Å²) in [5, 5.41) is -1.17. The molecular weight excluding hydrogens is 329 g/mol. The van der Waals surface area contributed by atoms with Crippen molar-refractivity contribution < 1.29 is 22.7 Å². The molecule has 2 nitrogen and oxygen atoms in total. The third kappa shape index (κ3) is 3.76. The van der Waals surface area contributed by atoms with Crippen LogP contribution in [0.15, 0.2) is 22.3 Å². The van der Waals surface area contributed by atoms with Gasteiger partial charge in [0.15, 0.2) is 0 Å². The third-order valence-corrected chi connectivity index (χ3v) is 5.42. The Hall–Kier alpha value is -0.970. The SMILES string of the molecule is CCC1=C(C)CC(OC(=O)[C@H]2[C@@H](/C=C(\Cl)C(F)(F)F)C2(C)C)C1. The molecule has 0 spiro atoms. The highest BCUT2D eigenvalue weighted by Gasteiger charge is 2.62. The molecule has 2 aliphatic carbocycles. The minimum Gasteiger partial charge on any atom is -0.461 e. The first kappa shape index (κ1) is 18.4. The topological polar surface area (TPSA) is 26.3 Å². The van der Waals surface area contributed by atoms with Crippen molar-refractivity contribution in [1.82, 2.24) is 0 Å². The minimum absolute atomic E-state index is 0.184. The zero-order valence-corrected chi connectivity index (χ0v) is 14.5. The average Bonchev–Trinajstić information content (AvgIpc) is 2.76. The lowest BCUT2D eigenvalue weighted by Crippen LogP contribution is -2.19. The van der Waals surface area contributed by atoms with Gasteiger partial charge in [-0.25, -0.2) is 0 Å². The van der Waals surface area contributed by atoms with Crippen LogP contribution in [-0.2, 0) is 9.53 Å². The van der Waals surface area contributed by atoms with Gasteiger partial charge in [-0.2, -0.15) is 13.2 Å². The summed E-state index contributed by atoms with van der Waals surface area (Å²) in [4.78, 5) is 12.3. The van der Waals surface area contributed by atoms with Crippen molar-refractivity contribution >= 4 is 17.6 Å². The lowest BCUT2D eigenvalue weighted by atomic mass is 10.1. The zero-order chi connectivity index (χ0) is 17.6. The molecule has 3 atom stereocenters. The predicted octanol–water partition coefficient (Wildman–Crippen LogP) is 5.38. The van der Waals surface area contributed by atoms with E-state index in [9.17, 15) is 18.0 Å². The molecule has 23 heavy (non-hydrogen) atoms. The largest absolute Gasteiger partial charge is 0.461 e. The molecule has 0 amide bonds. The van der Waals surface area contributed by atoms with Gasteiger partial charge in [-0.1, -0.05) is 49.6 Å². The van der Waals surface area contributed by atoms with E-state index >= 15 is 0 Å². The van der Waals surface area contributed by atoms with Crippen LogP contribution in [-0.4, -0.2) is 18.2 Å². The Morgan fingerprint density at radius 1 is 1.39 bits per heavy atom. The van der Waals surface area contributed by atoms with Crippen molar-refractivity contribution in [3.63, 3.8) is 0 Å². The van der Waals surface area contributed by atoms with Crippen molar-refractivity contribution in [3.05, 3.63) is 22.3 Å². The molecule has 0 bridgehead atoms. The monoisotopic (exact) mass is 350 g/mol. The maximum absolute atomic E-state index is 12.5. The summed E-state index contributed by atoms with van der Waals surface area (Å²) >= 11 is 5.29. The smallest absolute Gasteiger partial charge is 0.426 e. The van der Waals surface area contributed by atoms with Gasteiger partial charge < -0.3 is 4.74 Å². The molecule has 0 aromatic carbocycles. The third-order valence-electron chi connectivity index (χ3n) is 5.08. The molecule has 0 N–H and O–H groups in total. The highest BCUT2D eigenvalue weighted by molar-refractivity contribution is 6.30. The number of ether oxygens (including phenoxy) is 1. The number of carbonyl (C=O) groups is 1.